The first-order valence-electron chi connectivity index (χ1n) is 14.5. The van der Waals surface area contributed by atoms with Crippen LogP contribution in [0.1, 0.15) is 102 Å². The fourth-order valence-corrected chi connectivity index (χ4v) is 4.73. The maximum Gasteiger partial charge on any atom is 0.421 e. The second kappa shape index (κ2) is 16.7. The van der Waals surface area contributed by atoms with Gasteiger partial charge in [-0.2, -0.15) is 22.0 Å². The van der Waals surface area contributed by atoms with Crippen LogP contribution < -0.4 is 4.74 Å². The smallest absolute Gasteiger partial charge is 0.421 e. The molecular weight excluding hydrogens is 601 g/mol. The zero-order valence-corrected chi connectivity index (χ0v) is 23.9. The molecule has 0 spiro atoms. The largest absolute Gasteiger partial charge is 0.493 e. The van der Waals surface area contributed by atoms with Crippen molar-refractivity contribution in [3.8, 4) is 5.75 Å². The van der Waals surface area contributed by atoms with Gasteiger partial charge in [0.2, 0.25) is 5.92 Å². The minimum atomic E-state index is -5.42. The van der Waals surface area contributed by atoms with Gasteiger partial charge in [-0.05, 0) is 25.3 Å². The zero-order chi connectivity index (χ0) is 32.3. The second-order valence-electron chi connectivity index (χ2n) is 10.7. The molecule has 1 aromatic carbocycles. The van der Waals surface area contributed by atoms with Crippen LogP contribution in [0.25, 0.3) is 0 Å². The number of unbranched alkanes of at least 4 members (excludes halogenated alkanes) is 9. The molecule has 0 radical (unpaired) electrons. The lowest BCUT2D eigenvalue weighted by atomic mass is 10.0. The van der Waals surface area contributed by atoms with Crippen molar-refractivity contribution in [2.24, 2.45) is 0 Å². The lowest BCUT2D eigenvalue weighted by Gasteiger charge is -2.26. The van der Waals surface area contributed by atoms with E-state index in [-0.39, 0.29) is 25.5 Å². The minimum Gasteiger partial charge on any atom is -0.493 e. The Morgan fingerprint density at radius 3 is 1.74 bits per heavy atom. The van der Waals surface area contributed by atoms with Crippen molar-refractivity contribution in [2.75, 3.05) is 6.61 Å². The third kappa shape index (κ3) is 12.3. The number of hydrogen-bond donors (Lipinski definition) is 0. The molecule has 1 unspecified atom stereocenters. The Morgan fingerprint density at radius 2 is 1.23 bits per heavy atom. The summed E-state index contributed by atoms with van der Waals surface area (Å²) in [7, 11) is 0. The average Bonchev–Trinajstić information content (AvgIpc) is 2.85. The predicted molar refractivity (Wildman–Crippen MR) is 139 cm³/mol. The van der Waals surface area contributed by atoms with Crippen LogP contribution in [0.3, 0.4) is 0 Å². The van der Waals surface area contributed by atoms with Gasteiger partial charge in [0.15, 0.2) is 0 Å². The van der Waals surface area contributed by atoms with Crippen molar-refractivity contribution < 1.29 is 57.8 Å². The summed E-state index contributed by atoms with van der Waals surface area (Å²) in [5, 5.41) is 0. The van der Waals surface area contributed by atoms with E-state index in [1.165, 1.54) is 0 Å². The number of ether oxygens (including phenoxy) is 2. The molecule has 43 heavy (non-hydrogen) atoms. The molecule has 2 rings (SSSR count). The average molecular weight is 639 g/mol. The Morgan fingerprint density at radius 1 is 0.721 bits per heavy atom. The first-order valence-corrected chi connectivity index (χ1v) is 14.5. The van der Waals surface area contributed by atoms with E-state index in [0.29, 0.717) is 50.7 Å². The highest BCUT2D eigenvalue weighted by atomic mass is 19.4. The molecular formula is C30H37F11O2. The Hall–Kier alpha value is -2.31. The molecule has 0 saturated heterocycles. The normalized spacial score (nSPS) is 16.6. The molecule has 2 nitrogen and oxygen atoms in total. The summed E-state index contributed by atoms with van der Waals surface area (Å²) in [6.07, 6.45) is -6.21. The van der Waals surface area contributed by atoms with Gasteiger partial charge in [-0.25, -0.2) is 26.3 Å². The molecule has 0 N–H and O–H groups in total. The highest BCUT2D eigenvalue weighted by Crippen LogP contribution is 2.43. The molecule has 0 aromatic heterocycles. The number of alkyl halides is 7. The first-order chi connectivity index (χ1) is 20.1. The summed E-state index contributed by atoms with van der Waals surface area (Å²) < 4.78 is 161. The fourth-order valence-electron chi connectivity index (χ4n) is 4.73. The van der Waals surface area contributed by atoms with E-state index in [2.05, 4.69) is 11.7 Å². The standard InChI is InChI=1S/C30H37F11O2/c1-2-3-4-5-7-10-13-28(35,36)14-11-8-6-9-12-15-42-20-16-24(33)27(25(34)17-20)30(40,41)43-21-18-22(31)26(23(32)19-21)29(37,38)39/h16-18,21H,2-15,19H2,1H3. The lowest BCUT2D eigenvalue weighted by molar-refractivity contribution is -0.268. The van der Waals surface area contributed by atoms with Crippen molar-refractivity contribution in [1.29, 1.82) is 0 Å². The molecule has 1 aliphatic rings. The van der Waals surface area contributed by atoms with Gasteiger partial charge in [0.1, 0.15) is 40.2 Å². The van der Waals surface area contributed by atoms with Crippen LogP contribution in [-0.4, -0.2) is 24.8 Å². The second-order valence-corrected chi connectivity index (χ2v) is 10.7. The van der Waals surface area contributed by atoms with E-state index in [4.69, 9.17) is 4.74 Å². The summed E-state index contributed by atoms with van der Waals surface area (Å²) in [5.41, 5.74) is -4.18. The van der Waals surface area contributed by atoms with E-state index in [9.17, 15) is 48.3 Å². The van der Waals surface area contributed by atoms with Crippen molar-refractivity contribution in [1.82, 2.24) is 0 Å². The molecule has 0 aliphatic heterocycles. The topological polar surface area (TPSA) is 18.5 Å². The lowest BCUT2D eigenvalue weighted by Crippen LogP contribution is -2.30. The molecule has 0 bridgehead atoms. The maximum absolute atomic E-state index is 14.5. The first kappa shape index (κ1) is 36.9. The summed E-state index contributed by atoms with van der Waals surface area (Å²) >= 11 is 0. The SMILES string of the molecule is CCCCCCCCC(F)(F)CCCCCCCOc1cc(F)c(C(F)(F)OC2C=C(F)C(C(F)(F)F)=C(F)C2)c(F)c1. The number of rotatable bonds is 19. The maximum atomic E-state index is 14.5. The van der Waals surface area contributed by atoms with Crippen molar-refractivity contribution >= 4 is 0 Å². The molecule has 246 valence electrons. The highest BCUT2D eigenvalue weighted by Gasteiger charge is 2.46. The van der Waals surface area contributed by atoms with Crippen LogP contribution in [0.15, 0.2) is 35.4 Å². The molecule has 0 amide bonds. The molecule has 13 heteroatoms. The van der Waals surface area contributed by atoms with Crippen LogP contribution in [-0.2, 0) is 10.8 Å². The van der Waals surface area contributed by atoms with E-state index in [1.807, 2.05) is 0 Å². The van der Waals surface area contributed by atoms with E-state index < -0.39 is 70.9 Å². The van der Waals surface area contributed by atoms with Gasteiger partial charge in [0, 0.05) is 31.4 Å². The number of benzene rings is 1. The van der Waals surface area contributed by atoms with Crippen LogP contribution in [0.4, 0.5) is 48.3 Å². The molecule has 1 aromatic rings. The summed E-state index contributed by atoms with van der Waals surface area (Å²) in [6, 6.07) is 0.891. The highest BCUT2D eigenvalue weighted by molar-refractivity contribution is 5.37. The van der Waals surface area contributed by atoms with E-state index in [1.54, 1.807) is 0 Å². The Bertz CT molecular complexity index is 1060. The van der Waals surface area contributed by atoms with Gasteiger partial charge >= 0.3 is 12.3 Å². The van der Waals surface area contributed by atoms with Gasteiger partial charge in [-0.15, -0.1) is 0 Å². The van der Waals surface area contributed by atoms with Crippen LogP contribution in [0, 0.1) is 11.6 Å². The van der Waals surface area contributed by atoms with Crippen molar-refractivity contribution in [3.63, 3.8) is 0 Å². The van der Waals surface area contributed by atoms with E-state index in [0.717, 1.165) is 32.1 Å². The summed E-state index contributed by atoms with van der Waals surface area (Å²) in [4.78, 5) is 0. The van der Waals surface area contributed by atoms with Gasteiger partial charge in [0.05, 0.1) is 12.7 Å². The quantitative estimate of drug-likeness (QED) is 0.111. The van der Waals surface area contributed by atoms with Crippen LogP contribution in [0.2, 0.25) is 0 Å². The third-order valence-electron chi connectivity index (χ3n) is 6.96. The monoisotopic (exact) mass is 638 g/mol. The van der Waals surface area contributed by atoms with E-state index >= 15 is 0 Å². The third-order valence-corrected chi connectivity index (χ3v) is 6.96. The van der Waals surface area contributed by atoms with Gasteiger partial charge in [0.25, 0.3) is 0 Å². The number of halogens is 11. The summed E-state index contributed by atoms with van der Waals surface area (Å²) in [5.74, 6) is -11.0. The fraction of sp³-hybridized carbons (Fsp3) is 0.667. The molecule has 1 atom stereocenters. The van der Waals surface area contributed by atoms with Gasteiger partial charge in [-0.1, -0.05) is 58.3 Å². The van der Waals surface area contributed by atoms with Gasteiger partial charge in [-0.3, -0.25) is 0 Å². The molecule has 0 fully saturated rings. The van der Waals surface area contributed by atoms with Crippen molar-refractivity contribution in [2.45, 2.75) is 121 Å². The van der Waals surface area contributed by atoms with Crippen LogP contribution in [0.5, 0.6) is 5.75 Å². The molecule has 0 saturated carbocycles. The van der Waals surface area contributed by atoms with Gasteiger partial charge < -0.3 is 9.47 Å². The van der Waals surface area contributed by atoms with Crippen molar-refractivity contribution in [3.05, 3.63) is 52.6 Å². The Kier molecular flexibility index (Phi) is 14.3. The minimum absolute atomic E-state index is 0.0430. The number of allylic oxidation sites excluding steroid dienone is 2. The van der Waals surface area contributed by atoms with Crippen LogP contribution >= 0.6 is 0 Å². The number of hydrogen-bond acceptors (Lipinski definition) is 2. The predicted octanol–water partition coefficient (Wildman–Crippen LogP) is 11.5. The molecule has 0 heterocycles. The Balaban J connectivity index is 1.76. The molecule has 1 aliphatic carbocycles. The summed E-state index contributed by atoms with van der Waals surface area (Å²) in [6.45, 7) is 2.05. The Labute approximate surface area is 244 Å². The zero-order valence-electron chi connectivity index (χ0n) is 23.9.